The first kappa shape index (κ1) is 16.7. The molecule has 0 N–H and O–H groups in total. The van der Waals surface area contributed by atoms with Gasteiger partial charge >= 0.3 is 0 Å². The number of sulfonamides is 1. The zero-order valence-electron chi connectivity index (χ0n) is 11.5. The van der Waals surface area contributed by atoms with Crippen LogP contribution in [0.4, 0.5) is 0 Å². The molecule has 0 aromatic carbocycles. The summed E-state index contributed by atoms with van der Waals surface area (Å²) >= 11 is 10.3. The lowest BCUT2D eigenvalue weighted by molar-refractivity contribution is 0.202. The van der Waals surface area contributed by atoms with Crippen LogP contribution in [0.5, 0.6) is 0 Å². The van der Waals surface area contributed by atoms with Crippen molar-refractivity contribution in [1.29, 1.82) is 0 Å². The molecule has 20 heavy (non-hydrogen) atoms. The third-order valence-corrected chi connectivity index (χ3v) is 8.39. The second-order valence-electron chi connectivity index (χ2n) is 5.22. The van der Waals surface area contributed by atoms with Gasteiger partial charge in [-0.1, -0.05) is 11.6 Å². The maximum absolute atomic E-state index is 12.5. The SMILES string of the molecule is CN1CCC(CN(C)S(=O)(=O)c2cc(Cl)c(Br)s2)CC1. The second-order valence-corrected chi connectivity index (χ2v) is 10.3. The Morgan fingerprint density at radius 1 is 1.50 bits per heavy atom. The molecule has 114 valence electrons. The molecule has 0 amide bonds. The van der Waals surface area contributed by atoms with Gasteiger partial charge in [-0.3, -0.25) is 0 Å². The highest BCUT2D eigenvalue weighted by molar-refractivity contribution is 9.11. The first-order chi connectivity index (χ1) is 9.30. The van der Waals surface area contributed by atoms with Crippen molar-refractivity contribution in [3.05, 3.63) is 14.9 Å². The first-order valence-electron chi connectivity index (χ1n) is 6.40. The van der Waals surface area contributed by atoms with Crippen LogP contribution in [0.2, 0.25) is 5.02 Å². The first-order valence-corrected chi connectivity index (χ1v) is 9.83. The lowest BCUT2D eigenvalue weighted by atomic mass is 9.97. The van der Waals surface area contributed by atoms with E-state index in [1.54, 1.807) is 7.05 Å². The van der Waals surface area contributed by atoms with Gasteiger partial charge in [-0.25, -0.2) is 8.42 Å². The monoisotopic (exact) mass is 400 g/mol. The summed E-state index contributed by atoms with van der Waals surface area (Å²) in [5, 5.41) is 0.446. The smallest absolute Gasteiger partial charge is 0.252 e. The lowest BCUT2D eigenvalue weighted by Crippen LogP contribution is -2.37. The number of rotatable bonds is 4. The predicted molar refractivity (Wildman–Crippen MR) is 87.1 cm³/mol. The van der Waals surface area contributed by atoms with Crippen molar-refractivity contribution < 1.29 is 8.42 Å². The Labute approximate surface area is 137 Å². The van der Waals surface area contributed by atoms with E-state index >= 15 is 0 Å². The van der Waals surface area contributed by atoms with Crippen LogP contribution in [0.25, 0.3) is 0 Å². The number of hydrogen-bond donors (Lipinski definition) is 0. The van der Waals surface area contributed by atoms with Crippen LogP contribution in [0.1, 0.15) is 12.8 Å². The molecular weight excluding hydrogens is 384 g/mol. The average Bonchev–Trinajstić information content (AvgIpc) is 2.73. The summed E-state index contributed by atoms with van der Waals surface area (Å²) in [7, 11) is 0.317. The number of likely N-dealkylation sites (tertiary alicyclic amines) is 1. The molecule has 0 atom stereocenters. The zero-order valence-corrected chi connectivity index (χ0v) is 15.4. The van der Waals surface area contributed by atoms with Gasteiger partial charge in [-0.2, -0.15) is 4.31 Å². The maximum atomic E-state index is 12.5. The van der Waals surface area contributed by atoms with E-state index in [1.807, 2.05) is 0 Å². The Balaban J connectivity index is 2.05. The standard InChI is InChI=1S/C12H18BrClN2O2S2/c1-15-5-3-9(4-6-15)8-16(2)20(17,18)11-7-10(14)12(13)19-11/h7,9H,3-6,8H2,1-2H3. The molecule has 1 saturated heterocycles. The van der Waals surface area contributed by atoms with E-state index in [1.165, 1.54) is 10.4 Å². The van der Waals surface area contributed by atoms with Gasteiger partial charge in [0.1, 0.15) is 4.21 Å². The minimum atomic E-state index is -3.43. The summed E-state index contributed by atoms with van der Waals surface area (Å²) in [5.41, 5.74) is 0. The molecule has 0 radical (unpaired) electrons. The Kier molecular flexibility index (Phi) is 5.53. The third-order valence-electron chi connectivity index (χ3n) is 3.64. The van der Waals surface area contributed by atoms with Gasteiger partial charge < -0.3 is 4.90 Å². The molecule has 1 aromatic heterocycles. The van der Waals surface area contributed by atoms with Crippen molar-refractivity contribution in [3.63, 3.8) is 0 Å². The van der Waals surface area contributed by atoms with Crippen LogP contribution in [0.15, 0.2) is 14.1 Å². The normalized spacial score (nSPS) is 18.9. The number of halogens is 2. The fourth-order valence-electron chi connectivity index (χ4n) is 2.31. The van der Waals surface area contributed by atoms with Gasteiger partial charge in [-0.05, 0) is 60.9 Å². The van der Waals surface area contributed by atoms with E-state index in [4.69, 9.17) is 11.6 Å². The Morgan fingerprint density at radius 3 is 2.60 bits per heavy atom. The summed E-state index contributed by atoms with van der Waals surface area (Å²) in [5.74, 6) is 0.435. The van der Waals surface area contributed by atoms with Crippen molar-refractivity contribution in [3.8, 4) is 0 Å². The molecule has 0 saturated carbocycles. The minimum absolute atomic E-state index is 0.296. The van der Waals surface area contributed by atoms with Crippen molar-refractivity contribution >= 4 is 48.9 Å². The molecule has 1 aliphatic rings. The van der Waals surface area contributed by atoms with E-state index in [2.05, 4.69) is 27.9 Å². The van der Waals surface area contributed by atoms with Crippen LogP contribution in [0.3, 0.4) is 0 Å². The lowest BCUT2D eigenvalue weighted by Gasteiger charge is -2.31. The number of hydrogen-bond acceptors (Lipinski definition) is 4. The number of nitrogens with zero attached hydrogens (tertiary/aromatic N) is 2. The second kappa shape index (κ2) is 6.62. The van der Waals surface area contributed by atoms with Gasteiger partial charge in [0.05, 0.1) is 8.81 Å². The summed E-state index contributed by atoms with van der Waals surface area (Å²) in [6, 6.07) is 1.51. The van der Waals surface area contributed by atoms with E-state index in [-0.39, 0.29) is 0 Å². The minimum Gasteiger partial charge on any atom is -0.306 e. The van der Waals surface area contributed by atoms with E-state index < -0.39 is 10.0 Å². The predicted octanol–water partition coefficient (Wildman–Crippen LogP) is 3.13. The average molecular weight is 402 g/mol. The summed E-state index contributed by atoms with van der Waals surface area (Å²) in [6.07, 6.45) is 2.09. The third kappa shape index (κ3) is 3.75. The summed E-state index contributed by atoms with van der Waals surface area (Å²) in [6.45, 7) is 2.65. The van der Waals surface area contributed by atoms with Gasteiger partial charge in [0.25, 0.3) is 10.0 Å². The van der Waals surface area contributed by atoms with Crippen LogP contribution in [0, 0.1) is 5.92 Å². The molecule has 2 heterocycles. The van der Waals surface area contributed by atoms with E-state index in [0.717, 1.165) is 37.3 Å². The molecule has 4 nitrogen and oxygen atoms in total. The quantitative estimate of drug-likeness (QED) is 0.778. The molecule has 0 spiro atoms. The molecule has 8 heteroatoms. The summed E-state index contributed by atoms with van der Waals surface area (Å²) in [4.78, 5) is 2.28. The van der Waals surface area contributed by atoms with Crippen molar-refractivity contribution in [2.24, 2.45) is 5.92 Å². The molecule has 1 aliphatic heterocycles. The van der Waals surface area contributed by atoms with E-state index in [9.17, 15) is 8.42 Å². The topological polar surface area (TPSA) is 40.6 Å². The van der Waals surface area contributed by atoms with Gasteiger partial charge in [0, 0.05) is 13.6 Å². The summed E-state index contributed by atoms with van der Waals surface area (Å²) < 4.78 is 27.4. The van der Waals surface area contributed by atoms with Crippen LogP contribution in [-0.4, -0.2) is 51.4 Å². The van der Waals surface area contributed by atoms with Gasteiger partial charge in [0.15, 0.2) is 0 Å². The van der Waals surface area contributed by atoms with Crippen LogP contribution in [-0.2, 0) is 10.0 Å². The number of piperidine rings is 1. The molecule has 1 fully saturated rings. The Hall–Kier alpha value is 0.340. The van der Waals surface area contributed by atoms with Crippen molar-refractivity contribution in [2.45, 2.75) is 17.1 Å². The molecular formula is C12H18BrClN2O2S2. The molecule has 0 aliphatic carbocycles. The fourth-order valence-corrected chi connectivity index (χ4v) is 6.17. The Morgan fingerprint density at radius 2 is 2.10 bits per heavy atom. The van der Waals surface area contributed by atoms with Crippen LogP contribution < -0.4 is 0 Å². The largest absolute Gasteiger partial charge is 0.306 e. The molecule has 1 aromatic rings. The number of thiophene rings is 1. The Bertz CT molecular complexity index is 549. The molecule has 0 bridgehead atoms. The highest BCUT2D eigenvalue weighted by Gasteiger charge is 2.27. The van der Waals surface area contributed by atoms with Gasteiger partial charge in [-0.15, -0.1) is 11.3 Å². The molecule has 2 rings (SSSR count). The highest BCUT2D eigenvalue weighted by atomic mass is 79.9. The fraction of sp³-hybridized carbons (Fsp3) is 0.667. The van der Waals surface area contributed by atoms with Gasteiger partial charge in [0.2, 0.25) is 0 Å². The molecule has 0 unspecified atom stereocenters. The highest BCUT2D eigenvalue weighted by Crippen LogP contribution is 2.36. The van der Waals surface area contributed by atoms with Crippen molar-refractivity contribution in [1.82, 2.24) is 9.21 Å². The van der Waals surface area contributed by atoms with Crippen LogP contribution >= 0.6 is 38.9 Å². The van der Waals surface area contributed by atoms with Crippen molar-refractivity contribution in [2.75, 3.05) is 33.7 Å². The maximum Gasteiger partial charge on any atom is 0.252 e. The zero-order chi connectivity index (χ0) is 14.9. The van der Waals surface area contributed by atoms with E-state index in [0.29, 0.717) is 25.5 Å².